The number of rotatable bonds is 5. The van der Waals surface area contributed by atoms with Crippen molar-refractivity contribution in [1.29, 1.82) is 0 Å². The molecule has 2 aromatic rings. The zero-order valence-electron chi connectivity index (χ0n) is 10.8. The summed E-state index contributed by atoms with van der Waals surface area (Å²) >= 11 is 0. The van der Waals surface area contributed by atoms with Crippen LogP contribution in [0.3, 0.4) is 0 Å². The fourth-order valence-corrected chi connectivity index (χ4v) is 1.58. The van der Waals surface area contributed by atoms with Gasteiger partial charge in [-0.2, -0.15) is 0 Å². The molecule has 1 N–H and O–H groups in total. The maximum atomic E-state index is 14.1. The molecule has 1 aromatic carbocycles. The molecule has 3 nitrogen and oxygen atoms in total. The van der Waals surface area contributed by atoms with Gasteiger partial charge in [0.2, 0.25) is 0 Å². The van der Waals surface area contributed by atoms with Gasteiger partial charge in [0.15, 0.2) is 17.5 Å². The van der Waals surface area contributed by atoms with Crippen LogP contribution in [0.25, 0.3) is 0 Å². The molecule has 1 aromatic heterocycles. The lowest BCUT2D eigenvalue weighted by Gasteiger charge is -2.09. The van der Waals surface area contributed by atoms with Crippen LogP contribution in [0.1, 0.15) is 12.5 Å². The van der Waals surface area contributed by atoms with Crippen LogP contribution in [0.5, 0.6) is 11.6 Å². The Kier molecular flexibility index (Phi) is 4.57. The van der Waals surface area contributed by atoms with Crippen molar-refractivity contribution >= 4 is 0 Å². The number of halogens is 3. The molecule has 0 amide bonds. The summed E-state index contributed by atoms with van der Waals surface area (Å²) in [5, 5.41) is 2.98. The van der Waals surface area contributed by atoms with Crippen molar-refractivity contribution in [3.05, 3.63) is 53.5 Å². The fourth-order valence-electron chi connectivity index (χ4n) is 1.58. The lowest BCUT2D eigenvalue weighted by Crippen LogP contribution is -2.13. The molecule has 2 rings (SSSR count). The Balaban J connectivity index is 2.22. The lowest BCUT2D eigenvalue weighted by atomic mass is 10.2. The van der Waals surface area contributed by atoms with Crippen molar-refractivity contribution in [3.8, 4) is 11.6 Å². The number of nitrogens with one attached hydrogen (secondary N) is 1. The van der Waals surface area contributed by atoms with E-state index >= 15 is 0 Å². The molecule has 6 heteroatoms. The summed E-state index contributed by atoms with van der Waals surface area (Å²) in [7, 11) is 0. The third-order valence-corrected chi connectivity index (χ3v) is 2.61. The number of pyridine rings is 1. The number of hydrogen-bond donors (Lipinski definition) is 1. The normalized spacial score (nSPS) is 10.6. The summed E-state index contributed by atoms with van der Waals surface area (Å²) in [5.41, 5.74) is 0.388. The largest absolute Gasteiger partial charge is 0.436 e. The molecule has 0 spiro atoms. The van der Waals surface area contributed by atoms with E-state index in [-0.39, 0.29) is 11.6 Å². The van der Waals surface area contributed by atoms with E-state index in [9.17, 15) is 13.2 Å². The fraction of sp³-hybridized carbons (Fsp3) is 0.214. The van der Waals surface area contributed by atoms with Crippen LogP contribution in [-0.2, 0) is 6.54 Å². The van der Waals surface area contributed by atoms with Gasteiger partial charge in [-0.3, -0.25) is 0 Å². The van der Waals surface area contributed by atoms with Gasteiger partial charge >= 0.3 is 0 Å². The predicted octanol–water partition coefficient (Wildman–Crippen LogP) is 3.40. The van der Waals surface area contributed by atoms with E-state index in [2.05, 4.69) is 10.3 Å². The molecular formula is C14H13F3N2O. The van der Waals surface area contributed by atoms with E-state index in [0.29, 0.717) is 18.7 Å². The molecule has 1 heterocycles. The molecule has 0 bridgehead atoms. The Bertz CT molecular complexity index is 605. The average Bonchev–Trinajstić information content (AvgIpc) is 2.44. The summed E-state index contributed by atoms with van der Waals surface area (Å²) in [6, 6.07) is 4.48. The highest BCUT2D eigenvalue weighted by atomic mass is 19.2. The van der Waals surface area contributed by atoms with Crippen molar-refractivity contribution in [2.75, 3.05) is 6.54 Å². The second-order valence-corrected chi connectivity index (χ2v) is 4.05. The van der Waals surface area contributed by atoms with E-state index in [4.69, 9.17) is 4.74 Å². The van der Waals surface area contributed by atoms with Crippen molar-refractivity contribution < 1.29 is 17.9 Å². The highest BCUT2D eigenvalue weighted by Gasteiger charge is 2.12. The number of benzene rings is 1. The van der Waals surface area contributed by atoms with Gasteiger partial charge in [0, 0.05) is 24.4 Å². The highest BCUT2D eigenvalue weighted by molar-refractivity contribution is 5.31. The monoisotopic (exact) mass is 282 g/mol. The van der Waals surface area contributed by atoms with Gasteiger partial charge in [0.05, 0.1) is 0 Å². The van der Waals surface area contributed by atoms with Gasteiger partial charge in [-0.05, 0) is 24.7 Å². The van der Waals surface area contributed by atoms with Crippen molar-refractivity contribution in [2.45, 2.75) is 13.5 Å². The number of hydrogen-bond acceptors (Lipinski definition) is 3. The zero-order valence-corrected chi connectivity index (χ0v) is 10.8. The number of aromatic nitrogens is 1. The quantitative estimate of drug-likeness (QED) is 0.912. The van der Waals surface area contributed by atoms with Gasteiger partial charge in [0.25, 0.3) is 5.88 Å². The molecule has 0 saturated carbocycles. The van der Waals surface area contributed by atoms with Crippen LogP contribution < -0.4 is 10.1 Å². The maximum Gasteiger partial charge on any atom is 0.256 e. The molecule has 0 fully saturated rings. The van der Waals surface area contributed by atoms with Gasteiger partial charge in [-0.15, -0.1) is 0 Å². The molecule has 0 aliphatic heterocycles. The van der Waals surface area contributed by atoms with Crippen LogP contribution >= 0.6 is 0 Å². The summed E-state index contributed by atoms with van der Waals surface area (Å²) < 4.78 is 45.1. The Morgan fingerprint density at radius 3 is 2.65 bits per heavy atom. The average molecular weight is 282 g/mol. The highest BCUT2D eigenvalue weighted by Crippen LogP contribution is 2.25. The van der Waals surface area contributed by atoms with E-state index in [0.717, 1.165) is 12.1 Å². The Morgan fingerprint density at radius 1 is 1.15 bits per heavy atom. The summed E-state index contributed by atoms with van der Waals surface area (Å²) in [6.45, 7) is 2.93. The molecule has 0 aliphatic carbocycles. The van der Waals surface area contributed by atoms with Crippen LogP contribution in [0, 0.1) is 17.5 Å². The minimum Gasteiger partial charge on any atom is -0.436 e. The molecule has 106 valence electrons. The minimum absolute atomic E-state index is 0.0177. The van der Waals surface area contributed by atoms with E-state index in [1.807, 2.05) is 6.92 Å². The third kappa shape index (κ3) is 3.27. The van der Waals surface area contributed by atoms with E-state index < -0.39 is 17.5 Å². The third-order valence-electron chi connectivity index (χ3n) is 2.61. The van der Waals surface area contributed by atoms with Crippen molar-refractivity contribution in [3.63, 3.8) is 0 Å². The molecule has 0 aliphatic rings. The molecule has 0 atom stereocenters. The van der Waals surface area contributed by atoms with Gasteiger partial charge in [-0.1, -0.05) is 6.92 Å². The standard InChI is InChI=1S/C14H13F3N2O/c1-2-18-8-9-5-6-19-14(13(9)17)20-10-3-4-11(15)12(16)7-10/h3-7,18H,2,8H2,1H3. The van der Waals surface area contributed by atoms with Crippen LogP contribution in [-0.4, -0.2) is 11.5 Å². The molecule has 0 saturated heterocycles. The maximum absolute atomic E-state index is 14.1. The molecule has 0 radical (unpaired) electrons. The molecule has 0 unspecified atom stereocenters. The van der Waals surface area contributed by atoms with Crippen LogP contribution in [0.4, 0.5) is 13.2 Å². The van der Waals surface area contributed by atoms with Crippen molar-refractivity contribution in [2.24, 2.45) is 0 Å². The first-order chi connectivity index (χ1) is 9.61. The van der Waals surface area contributed by atoms with E-state index in [1.165, 1.54) is 18.3 Å². The second-order valence-electron chi connectivity index (χ2n) is 4.05. The summed E-state index contributed by atoms with van der Waals surface area (Å²) in [6.07, 6.45) is 1.39. The Labute approximate surface area is 114 Å². The SMILES string of the molecule is CCNCc1ccnc(Oc2ccc(F)c(F)c2)c1F. The first-order valence-electron chi connectivity index (χ1n) is 6.08. The molecule has 20 heavy (non-hydrogen) atoms. The van der Waals surface area contributed by atoms with Crippen LogP contribution in [0.2, 0.25) is 0 Å². The lowest BCUT2D eigenvalue weighted by molar-refractivity contribution is 0.411. The summed E-state index contributed by atoms with van der Waals surface area (Å²) in [5.74, 6) is -2.97. The topological polar surface area (TPSA) is 34.2 Å². The Hall–Kier alpha value is -2.08. The van der Waals surface area contributed by atoms with Crippen molar-refractivity contribution in [1.82, 2.24) is 10.3 Å². The zero-order chi connectivity index (χ0) is 14.5. The van der Waals surface area contributed by atoms with Gasteiger partial charge < -0.3 is 10.1 Å². The first-order valence-corrected chi connectivity index (χ1v) is 6.08. The first kappa shape index (κ1) is 14.3. The smallest absolute Gasteiger partial charge is 0.256 e. The van der Waals surface area contributed by atoms with Crippen LogP contribution in [0.15, 0.2) is 30.5 Å². The van der Waals surface area contributed by atoms with Gasteiger partial charge in [0.1, 0.15) is 5.75 Å². The minimum atomic E-state index is -1.06. The second kappa shape index (κ2) is 6.38. The molecular weight excluding hydrogens is 269 g/mol. The number of ether oxygens (including phenoxy) is 1. The number of nitrogens with zero attached hydrogens (tertiary/aromatic N) is 1. The van der Waals surface area contributed by atoms with E-state index in [1.54, 1.807) is 0 Å². The summed E-state index contributed by atoms with van der Waals surface area (Å²) in [4.78, 5) is 3.75. The predicted molar refractivity (Wildman–Crippen MR) is 68.0 cm³/mol. The Morgan fingerprint density at radius 2 is 1.95 bits per heavy atom. The van der Waals surface area contributed by atoms with Gasteiger partial charge in [-0.25, -0.2) is 18.2 Å².